The Balaban J connectivity index is 1.99. The van der Waals surface area contributed by atoms with E-state index in [0.717, 1.165) is 22.8 Å². The minimum atomic E-state index is 0.708. The third-order valence-electron chi connectivity index (χ3n) is 2.63. The van der Waals surface area contributed by atoms with Gasteiger partial charge < -0.3 is 0 Å². The summed E-state index contributed by atoms with van der Waals surface area (Å²) in [6.07, 6.45) is 0. The number of benzene rings is 1. The predicted octanol–water partition coefficient (Wildman–Crippen LogP) is 2.99. The van der Waals surface area contributed by atoms with Gasteiger partial charge in [0.25, 0.3) is 0 Å². The fourth-order valence-corrected chi connectivity index (χ4v) is 1.76. The van der Waals surface area contributed by atoms with Crippen molar-refractivity contribution in [2.75, 3.05) is 5.43 Å². The zero-order chi connectivity index (χ0) is 13.0. The van der Waals surface area contributed by atoms with Crippen LogP contribution >= 0.6 is 0 Å². The van der Waals surface area contributed by atoms with Gasteiger partial charge in [0.1, 0.15) is 0 Å². The summed E-state index contributed by atoms with van der Waals surface area (Å²) in [5.41, 5.74) is 7.21. The number of hydrazone groups is 1. The third kappa shape index (κ3) is 3.20. The molecular formula is C14H18N4. The van der Waals surface area contributed by atoms with Crippen LogP contribution in [0.25, 0.3) is 0 Å². The third-order valence-corrected chi connectivity index (χ3v) is 2.63. The summed E-state index contributed by atoms with van der Waals surface area (Å²) in [4.78, 5) is 0. The second kappa shape index (κ2) is 5.49. The maximum atomic E-state index is 4.41. The van der Waals surface area contributed by atoms with Crippen LogP contribution in [0, 0.1) is 13.8 Å². The lowest BCUT2D eigenvalue weighted by molar-refractivity contribution is 0.690. The standard InChI is InChI=1S/C14H18N4/c1-11-9-13(3)18(17-11)10-12(2)15-16-14-7-5-4-6-8-14/h4-9,16H,10H2,1-3H3/b15-12-. The van der Waals surface area contributed by atoms with Crippen molar-refractivity contribution in [3.8, 4) is 0 Å². The summed E-state index contributed by atoms with van der Waals surface area (Å²) in [5.74, 6) is 0. The average molecular weight is 242 g/mol. The topological polar surface area (TPSA) is 42.2 Å². The van der Waals surface area contributed by atoms with E-state index in [-0.39, 0.29) is 0 Å². The van der Waals surface area contributed by atoms with Crippen LogP contribution in [-0.4, -0.2) is 15.5 Å². The molecule has 1 aromatic carbocycles. The highest BCUT2D eigenvalue weighted by Crippen LogP contribution is 2.05. The number of rotatable bonds is 4. The minimum absolute atomic E-state index is 0.708. The Labute approximate surface area is 107 Å². The Hall–Kier alpha value is -2.10. The van der Waals surface area contributed by atoms with E-state index in [1.807, 2.05) is 48.9 Å². The van der Waals surface area contributed by atoms with Crippen molar-refractivity contribution in [2.24, 2.45) is 5.10 Å². The SMILES string of the molecule is C/C(Cn1nc(C)cc1C)=N/Nc1ccccc1. The van der Waals surface area contributed by atoms with E-state index in [1.54, 1.807) is 0 Å². The summed E-state index contributed by atoms with van der Waals surface area (Å²) in [6.45, 7) is 6.75. The molecule has 4 nitrogen and oxygen atoms in total. The van der Waals surface area contributed by atoms with E-state index >= 15 is 0 Å². The van der Waals surface area contributed by atoms with Crippen molar-refractivity contribution >= 4 is 11.4 Å². The lowest BCUT2D eigenvalue weighted by Gasteiger charge is -2.05. The predicted molar refractivity (Wildman–Crippen MR) is 74.9 cm³/mol. The molecule has 94 valence electrons. The maximum absolute atomic E-state index is 4.41. The first-order valence-corrected chi connectivity index (χ1v) is 6.00. The number of nitrogens with zero attached hydrogens (tertiary/aromatic N) is 3. The Bertz CT molecular complexity index is 540. The molecule has 1 heterocycles. The first-order valence-electron chi connectivity index (χ1n) is 6.00. The van der Waals surface area contributed by atoms with Crippen molar-refractivity contribution in [1.29, 1.82) is 0 Å². The zero-order valence-electron chi connectivity index (χ0n) is 11.0. The van der Waals surface area contributed by atoms with E-state index < -0.39 is 0 Å². The number of nitrogens with one attached hydrogen (secondary N) is 1. The van der Waals surface area contributed by atoms with Gasteiger partial charge in [-0.05, 0) is 39.0 Å². The lowest BCUT2D eigenvalue weighted by atomic mass is 10.3. The fourth-order valence-electron chi connectivity index (χ4n) is 1.76. The molecule has 0 atom stereocenters. The molecule has 0 spiro atoms. The summed E-state index contributed by atoms with van der Waals surface area (Å²) in [6, 6.07) is 12.0. The Kier molecular flexibility index (Phi) is 3.77. The van der Waals surface area contributed by atoms with Gasteiger partial charge in [-0.2, -0.15) is 10.2 Å². The van der Waals surface area contributed by atoms with Crippen molar-refractivity contribution in [1.82, 2.24) is 9.78 Å². The Morgan fingerprint density at radius 3 is 2.61 bits per heavy atom. The number of aromatic nitrogens is 2. The normalized spacial score (nSPS) is 11.6. The second-order valence-corrected chi connectivity index (χ2v) is 4.41. The van der Waals surface area contributed by atoms with Crippen LogP contribution < -0.4 is 5.43 Å². The largest absolute Gasteiger partial charge is 0.279 e. The summed E-state index contributed by atoms with van der Waals surface area (Å²) in [7, 11) is 0. The van der Waals surface area contributed by atoms with Gasteiger partial charge in [-0.1, -0.05) is 18.2 Å². The van der Waals surface area contributed by atoms with Crippen LogP contribution in [0.1, 0.15) is 18.3 Å². The molecule has 4 heteroatoms. The number of para-hydroxylation sites is 1. The molecule has 0 unspecified atom stereocenters. The monoisotopic (exact) mass is 242 g/mol. The second-order valence-electron chi connectivity index (χ2n) is 4.41. The van der Waals surface area contributed by atoms with Gasteiger partial charge in [-0.25, -0.2) is 0 Å². The van der Waals surface area contributed by atoms with E-state index in [1.165, 1.54) is 0 Å². The molecule has 0 saturated carbocycles. The summed E-state index contributed by atoms with van der Waals surface area (Å²) < 4.78 is 1.96. The van der Waals surface area contributed by atoms with Gasteiger partial charge in [0.2, 0.25) is 0 Å². The van der Waals surface area contributed by atoms with Gasteiger partial charge in [-0.15, -0.1) is 0 Å². The van der Waals surface area contributed by atoms with Crippen molar-refractivity contribution in [3.05, 3.63) is 47.8 Å². The molecule has 0 radical (unpaired) electrons. The molecule has 2 aromatic rings. The van der Waals surface area contributed by atoms with Gasteiger partial charge in [-0.3, -0.25) is 10.1 Å². The Morgan fingerprint density at radius 1 is 1.28 bits per heavy atom. The zero-order valence-corrected chi connectivity index (χ0v) is 11.0. The van der Waals surface area contributed by atoms with Gasteiger partial charge in [0.05, 0.1) is 23.6 Å². The summed E-state index contributed by atoms with van der Waals surface area (Å²) >= 11 is 0. The Morgan fingerprint density at radius 2 is 2.00 bits per heavy atom. The molecule has 0 saturated heterocycles. The molecular weight excluding hydrogens is 224 g/mol. The summed E-state index contributed by atoms with van der Waals surface area (Å²) in [5, 5.41) is 8.76. The van der Waals surface area contributed by atoms with E-state index in [2.05, 4.69) is 28.6 Å². The molecule has 2 rings (SSSR count). The van der Waals surface area contributed by atoms with E-state index in [0.29, 0.717) is 6.54 Å². The minimum Gasteiger partial charge on any atom is -0.279 e. The average Bonchev–Trinajstić information content (AvgIpc) is 2.67. The van der Waals surface area contributed by atoms with Crippen LogP contribution in [0.5, 0.6) is 0 Å². The molecule has 0 bridgehead atoms. The van der Waals surface area contributed by atoms with Crippen molar-refractivity contribution in [2.45, 2.75) is 27.3 Å². The lowest BCUT2D eigenvalue weighted by Crippen LogP contribution is -2.11. The molecule has 18 heavy (non-hydrogen) atoms. The van der Waals surface area contributed by atoms with Gasteiger partial charge in [0.15, 0.2) is 0 Å². The quantitative estimate of drug-likeness (QED) is 0.661. The van der Waals surface area contributed by atoms with Gasteiger partial charge >= 0.3 is 0 Å². The van der Waals surface area contributed by atoms with Crippen molar-refractivity contribution in [3.63, 3.8) is 0 Å². The van der Waals surface area contributed by atoms with Crippen LogP contribution in [0.3, 0.4) is 0 Å². The highest BCUT2D eigenvalue weighted by Gasteiger charge is 2.01. The first-order chi connectivity index (χ1) is 8.65. The molecule has 0 aliphatic rings. The highest BCUT2D eigenvalue weighted by atomic mass is 15.3. The van der Waals surface area contributed by atoms with Crippen molar-refractivity contribution < 1.29 is 0 Å². The smallest absolute Gasteiger partial charge is 0.0810 e. The van der Waals surface area contributed by atoms with Crippen LogP contribution in [0.2, 0.25) is 0 Å². The van der Waals surface area contributed by atoms with E-state index in [9.17, 15) is 0 Å². The molecule has 1 aromatic heterocycles. The number of hydrogen-bond donors (Lipinski definition) is 1. The number of hydrogen-bond acceptors (Lipinski definition) is 3. The van der Waals surface area contributed by atoms with Crippen LogP contribution in [0.4, 0.5) is 5.69 Å². The fraction of sp³-hybridized carbons (Fsp3) is 0.286. The first kappa shape index (κ1) is 12.4. The number of aryl methyl sites for hydroxylation is 2. The molecule has 0 aliphatic heterocycles. The molecule has 0 aliphatic carbocycles. The molecule has 0 amide bonds. The van der Waals surface area contributed by atoms with Crippen LogP contribution in [0.15, 0.2) is 41.5 Å². The number of anilines is 1. The molecule has 1 N–H and O–H groups in total. The molecule has 0 fully saturated rings. The maximum Gasteiger partial charge on any atom is 0.0810 e. The van der Waals surface area contributed by atoms with Gasteiger partial charge in [0, 0.05) is 5.69 Å². The highest BCUT2D eigenvalue weighted by molar-refractivity contribution is 5.82. The van der Waals surface area contributed by atoms with E-state index in [4.69, 9.17) is 0 Å². The van der Waals surface area contributed by atoms with Crippen LogP contribution in [-0.2, 0) is 6.54 Å².